The van der Waals surface area contributed by atoms with Crippen LogP contribution in [0.2, 0.25) is 0 Å². The molecule has 0 N–H and O–H groups in total. The van der Waals surface area contributed by atoms with Crippen molar-refractivity contribution in [2.45, 2.75) is 0 Å². The Morgan fingerprint density at radius 1 is 1.05 bits per heavy atom. The summed E-state index contributed by atoms with van der Waals surface area (Å²) in [5, 5.41) is 1.41. The van der Waals surface area contributed by atoms with E-state index in [-0.39, 0.29) is 0 Å². The molecule has 0 fully saturated rings. The minimum Gasteiger partial charge on any atom is -0.386 e. The maximum absolute atomic E-state index is 11.7. The summed E-state index contributed by atoms with van der Waals surface area (Å²) in [6.45, 7) is 0. The van der Waals surface area contributed by atoms with Crippen LogP contribution < -0.4 is 0 Å². The zero-order chi connectivity index (χ0) is 13.4. The lowest BCUT2D eigenvalue weighted by atomic mass is 9.94. The van der Waals surface area contributed by atoms with Crippen LogP contribution in [0.1, 0.15) is 26.3 Å². The summed E-state index contributed by atoms with van der Waals surface area (Å²) in [5.41, 5.74) is 1.58. The van der Waals surface area contributed by atoms with Crippen molar-refractivity contribution in [2.75, 3.05) is 5.75 Å². The van der Waals surface area contributed by atoms with Crippen LogP contribution in [0.5, 0.6) is 0 Å². The van der Waals surface area contributed by atoms with E-state index < -0.39 is 11.9 Å². The van der Waals surface area contributed by atoms with Gasteiger partial charge in [-0.2, -0.15) is 12.6 Å². The van der Waals surface area contributed by atoms with Gasteiger partial charge in [0.05, 0.1) is 16.9 Å². The fourth-order valence-corrected chi connectivity index (χ4v) is 2.26. The third-order valence-corrected chi connectivity index (χ3v) is 3.13. The lowest BCUT2D eigenvalue weighted by molar-refractivity contribution is 0.0391. The minimum absolute atomic E-state index is 0.404. The summed E-state index contributed by atoms with van der Waals surface area (Å²) in [5.74, 6) is 5.08. The lowest BCUT2D eigenvalue weighted by Crippen LogP contribution is -2.19. The van der Waals surface area contributed by atoms with E-state index in [4.69, 9.17) is 4.74 Å². The predicted molar refractivity (Wildman–Crippen MR) is 74.4 cm³/mol. The molecular weight excluding hydrogens is 260 g/mol. The SMILES string of the molecule is O=C1OC(=O)c2ccc(C#CCS)c3cccc1c23. The van der Waals surface area contributed by atoms with Crippen molar-refractivity contribution >= 4 is 35.3 Å². The Labute approximate surface area is 115 Å². The molecule has 0 bridgehead atoms. The molecule has 0 aromatic heterocycles. The first-order chi connectivity index (χ1) is 9.22. The maximum Gasteiger partial charge on any atom is 0.346 e. The normalized spacial score (nSPS) is 12.9. The Morgan fingerprint density at radius 3 is 2.53 bits per heavy atom. The largest absolute Gasteiger partial charge is 0.386 e. The van der Waals surface area contributed by atoms with Crippen molar-refractivity contribution in [1.29, 1.82) is 0 Å². The van der Waals surface area contributed by atoms with Crippen molar-refractivity contribution < 1.29 is 14.3 Å². The van der Waals surface area contributed by atoms with Crippen molar-refractivity contribution in [3.05, 3.63) is 47.0 Å². The fraction of sp³-hybridized carbons (Fsp3) is 0.0667. The van der Waals surface area contributed by atoms with Gasteiger partial charge in [-0.05, 0) is 23.6 Å². The summed E-state index contributed by atoms with van der Waals surface area (Å²) in [6.07, 6.45) is 0. The van der Waals surface area contributed by atoms with Gasteiger partial charge in [-0.15, -0.1) is 0 Å². The number of hydrogen-bond donors (Lipinski definition) is 1. The lowest BCUT2D eigenvalue weighted by Gasteiger charge is -2.15. The second kappa shape index (κ2) is 4.45. The van der Waals surface area contributed by atoms with Gasteiger partial charge in [0.1, 0.15) is 0 Å². The highest BCUT2D eigenvalue weighted by molar-refractivity contribution is 7.80. The molecule has 92 valence electrons. The molecule has 0 spiro atoms. The van der Waals surface area contributed by atoms with Crippen LogP contribution in [-0.4, -0.2) is 17.7 Å². The quantitative estimate of drug-likeness (QED) is 0.345. The molecular formula is C15H8O3S. The number of thiol groups is 1. The number of hydrogen-bond acceptors (Lipinski definition) is 4. The molecule has 0 unspecified atom stereocenters. The number of esters is 2. The number of benzene rings is 2. The molecule has 19 heavy (non-hydrogen) atoms. The zero-order valence-electron chi connectivity index (χ0n) is 9.77. The van der Waals surface area contributed by atoms with Crippen LogP contribution in [0.15, 0.2) is 30.3 Å². The molecule has 1 aliphatic heterocycles. The second-order valence-electron chi connectivity index (χ2n) is 4.03. The highest BCUT2D eigenvalue weighted by Crippen LogP contribution is 2.30. The minimum atomic E-state index is -0.609. The summed E-state index contributed by atoms with van der Waals surface area (Å²) >= 11 is 4.04. The van der Waals surface area contributed by atoms with Crippen LogP contribution in [0.3, 0.4) is 0 Å². The number of carbonyl (C=O) groups is 2. The van der Waals surface area contributed by atoms with Crippen LogP contribution in [0.4, 0.5) is 0 Å². The summed E-state index contributed by atoms with van der Waals surface area (Å²) in [4.78, 5) is 23.4. The Bertz CT molecular complexity index is 761. The third kappa shape index (κ3) is 1.79. The molecule has 2 aromatic rings. The van der Waals surface area contributed by atoms with Crippen LogP contribution in [-0.2, 0) is 4.74 Å². The molecule has 4 heteroatoms. The van der Waals surface area contributed by atoms with Gasteiger partial charge in [-0.25, -0.2) is 9.59 Å². The van der Waals surface area contributed by atoms with E-state index in [0.717, 1.165) is 10.9 Å². The zero-order valence-corrected chi connectivity index (χ0v) is 10.7. The fourth-order valence-electron chi connectivity index (χ4n) is 2.18. The standard InChI is InChI=1S/C15H8O3S/c16-14-11-5-1-4-10-9(3-2-8-19)6-7-12(13(10)11)15(17)18-14/h1,4-7,19H,8H2. The molecule has 3 nitrogen and oxygen atoms in total. The van der Waals surface area contributed by atoms with Gasteiger partial charge < -0.3 is 4.74 Å². The maximum atomic E-state index is 11.7. The van der Waals surface area contributed by atoms with E-state index in [1.165, 1.54) is 0 Å². The summed E-state index contributed by atoms with van der Waals surface area (Å²) in [7, 11) is 0. The molecule has 0 saturated carbocycles. The number of carbonyl (C=O) groups excluding carboxylic acids is 2. The number of cyclic esters (lactones) is 2. The van der Waals surface area contributed by atoms with E-state index in [0.29, 0.717) is 22.3 Å². The highest BCUT2D eigenvalue weighted by Gasteiger charge is 2.27. The molecule has 1 heterocycles. The average molecular weight is 268 g/mol. The Hall–Kier alpha value is -2.25. The van der Waals surface area contributed by atoms with Gasteiger partial charge in [0, 0.05) is 10.9 Å². The summed E-state index contributed by atoms with van der Waals surface area (Å²) < 4.78 is 4.70. The highest BCUT2D eigenvalue weighted by atomic mass is 32.1. The Kier molecular flexibility index (Phi) is 2.77. The first-order valence-corrected chi connectivity index (χ1v) is 6.27. The van der Waals surface area contributed by atoms with Crippen LogP contribution in [0, 0.1) is 11.8 Å². The molecule has 0 saturated heterocycles. The van der Waals surface area contributed by atoms with Crippen molar-refractivity contribution in [2.24, 2.45) is 0 Å². The van der Waals surface area contributed by atoms with Crippen molar-refractivity contribution in [1.82, 2.24) is 0 Å². The molecule has 0 radical (unpaired) electrons. The average Bonchev–Trinajstić information content (AvgIpc) is 2.42. The van der Waals surface area contributed by atoms with Crippen molar-refractivity contribution in [3.8, 4) is 11.8 Å². The van der Waals surface area contributed by atoms with Gasteiger partial charge >= 0.3 is 11.9 Å². The molecule has 1 aliphatic rings. The molecule has 0 atom stereocenters. The van der Waals surface area contributed by atoms with Gasteiger partial charge in [-0.1, -0.05) is 24.0 Å². The van der Waals surface area contributed by atoms with Gasteiger partial charge in [0.15, 0.2) is 0 Å². The van der Waals surface area contributed by atoms with E-state index >= 15 is 0 Å². The molecule has 3 rings (SSSR count). The topological polar surface area (TPSA) is 43.4 Å². The number of ether oxygens (including phenoxy) is 1. The van der Waals surface area contributed by atoms with E-state index in [1.807, 2.05) is 6.07 Å². The first-order valence-electron chi connectivity index (χ1n) is 5.64. The second-order valence-corrected chi connectivity index (χ2v) is 4.34. The Morgan fingerprint density at radius 2 is 1.79 bits per heavy atom. The molecule has 0 amide bonds. The molecule has 2 aromatic carbocycles. The molecule has 0 aliphatic carbocycles. The predicted octanol–water partition coefficient (Wildman–Crippen LogP) is 2.43. The number of rotatable bonds is 0. The van der Waals surface area contributed by atoms with Gasteiger partial charge in [-0.3, -0.25) is 0 Å². The van der Waals surface area contributed by atoms with Crippen LogP contribution >= 0.6 is 12.6 Å². The third-order valence-electron chi connectivity index (χ3n) is 2.97. The van der Waals surface area contributed by atoms with Gasteiger partial charge in [0.25, 0.3) is 0 Å². The Balaban J connectivity index is 2.42. The van der Waals surface area contributed by atoms with E-state index in [9.17, 15) is 9.59 Å². The van der Waals surface area contributed by atoms with Gasteiger partial charge in [0.2, 0.25) is 0 Å². The van der Waals surface area contributed by atoms with Crippen molar-refractivity contribution in [3.63, 3.8) is 0 Å². The van der Waals surface area contributed by atoms with Crippen LogP contribution in [0.25, 0.3) is 10.8 Å². The van der Waals surface area contributed by atoms with E-state index in [2.05, 4.69) is 24.5 Å². The van der Waals surface area contributed by atoms with E-state index in [1.54, 1.807) is 24.3 Å². The smallest absolute Gasteiger partial charge is 0.346 e. The monoisotopic (exact) mass is 268 g/mol. The first kappa shape index (κ1) is 11.8. The summed E-state index contributed by atoms with van der Waals surface area (Å²) in [6, 6.07) is 8.65.